The molecule has 1 fully saturated rings. The molecule has 1 aliphatic rings. The molecule has 0 saturated carbocycles. The first-order valence-electron chi connectivity index (χ1n) is 7.06. The lowest BCUT2D eigenvalue weighted by molar-refractivity contribution is -0.384. The number of rotatable bonds is 3. The Balaban J connectivity index is 2.35. The molecule has 0 aromatic heterocycles. The van der Waals surface area contributed by atoms with Gasteiger partial charge in [0.15, 0.2) is 0 Å². The molecule has 1 N–H and O–H groups in total. The van der Waals surface area contributed by atoms with Crippen LogP contribution in [0, 0.1) is 16.0 Å². The zero-order valence-electron chi connectivity index (χ0n) is 12.4. The minimum absolute atomic E-state index is 0.108. The Kier molecular flexibility index (Phi) is 4.76. The fourth-order valence-electron chi connectivity index (χ4n) is 2.73. The van der Waals surface area contributed by atoms with Gasteiger partial charge in [0.25, 0.3) is 5.69 Å². The van der Waals surface area contributed by atoms with Crippen molar-refractivity contribution in [3.63, 3.8) is 0 Å². The van der Waals surface area contributed by atoms with Crippen molar-refractivity contribution in [1.29, 1.82) is 0 Å². The third kappa shape index (κ3) is 3.72. The average molecular weight is 331 g/mol. The van der Waals surface area contributed by atoms with Crippen LogP contribution in [0.5, 0.6) is 0 Å². The SMILES string of the molecule is CNC(=O)C1CCCN(c2ccc(C(F)(F)F)cc2[N+](=O)[O-])C1. The van der Waals surface area contributed by atoms with E-state index in [0.717, 1.165) is 12.1 Å². The number of halogens is 3. The number of hydrogen-bond acceptors (Lipinski definition) is 4. The molecule has 2 rings (SSSR count). The first-order chi connectivity index (χ1) is 10.7. The van der Waals surface area contributed by atoms with Gasteiger partial charge in [-0.15, -0.1) is 0 Å². The summed E-state index contributed by atoms with van der Waals surface area (Å²) in [7, 11) is 1.50. The predicted octanol–water partition coefficient (Wildman–Crippen LogP) is 2.58. The monoisotopic (exact) mass is 331 g/mol. The van der Waals surface area contributed by atoms with Crippen LogP contribution in [0.4, 0.5) is 24.5 Å². The van der Waals surface area contributed by atoms with Crippen LogP contribution in [-0.4, -0.2) is 31.0 Å². The van der Waals surface area contributed by atoms with Gasteiger partial charge in [-0.3, -0.25) is 14.9 Å². The standard InChI is InChI=1S/C14H16F3N3O3/c1-18-13(21)9-3-2-6-19(8-9)11-5-4-10(14(15,16)17)7-12(11)20(22)23/h4-5,7,9H,2-3,6,8H2,1H3,(H,18,21). The number of nitrogens with zero attached hydrogens (tertiary/aromatic N) is 2. The maximum atomic E-state index is 12.7. The molecule has 1 heterocycles. The molecule has 6 nitrogen and oxygen atoms in total. The van der Waals surface area contributed by atoms with Crippen LogP contribution >= 0.6 is 0 Å². The Hall–Kier alpha value is -2.32. The van der Waals surface area contributed by atoms with E-state index >= 15 is 0 Å². The van der Waals surface area contributed by atoms with Crippen LogP contribution in [0.1, 0.15) is 18.4 Å². The van der Waals surface area contributed by atoms with Crippen LogP contribution in [0.3, 0.4) is 0 Å². The zero-order chi connectivity index (χ0) is 17.2. The number of piperidine rings is 1. The fourth-order valence-corrected chi connectivity index (χ4v) is 2.73. The number of nitro groups is 1. The summed E-state index contributed by atoms with van der Waals surface area (Å²) in [6, 6.07) is 2.47. The third-order valence-corrected chi connectivity index (χ3v) is 3.88. The Morgan fingerprint density at radius 3 is 2.70 bits per heavy atom. The molecule has 1 unspecified atom stereocenters. The Morgan fingerprint density at radius 2 is 2.13 bits per heavy atom. The van der Waals surface area contributed by atoms with Gasteiger partial charge < -0.3 is 10.2 Å². The normalized spacial score (nSPS) is 18.6. The highest BCUT2D eigenvalue weighted by Crippen LogP contribution is 2.37. The first kappa shape index (κ1) is 17.0. The van der Waals surface area contributed by atoms with Crippen molar-refractivity contribution in [2.75, 3.05) is 25.0 Å². The highest BCUT2D eigenvalue weighted by atomic mass is 19.4. The van der Waals surface area contributed by atoms with Gasteiger partial charge in [-0.2, -0.15) is 13.2 Å². The Morgan fingerprint density at radius 1 is 1.43 bits per heavy atom. The van der Waals surface area contributed by atoms with Crippen molar-refractivity contribution in [1.82, 2.24) is 5.32 Å². The summed E-state index contributed by atoms with van der Waals surface area (Å²) in [5.74, 6) is -0.514. The quantitative estimate of drug-likeness (QED) is 0.682. The van der Waals surface area contributed by atoms with E-state index in [1.54, 1.807) is 4.90 Å². The second-order valence-corrected chi connectivity index (χ2v) is 5.36. The highest BCUT2D eigenvalue weighted by Gasteiger charge is 2.35. The van der Waals surface area contributed by atoms with Gasteiger partial charge in [0, 0.05) is 26.2 Å². The summed E-state index contributed by atoms with van der Waals surface area (Å²) in [5.41, 5.74) is -1.55. The van der Waals surface area contributed by atoms with Crippen molar-refractivity contribution in [2.24, 2.45) is 5.92 Å². The maximum Gasteiger partial charge on any atom is 0.416 e. The molecule has 126 valence electrons. The molecule has 1 amide bonds. The van der Waals surface area contributed by atoms with Crippen molar-refractivity contribution < 1.29 is 22.9 Å². The molecule has 1 aromatic rings. The zero-order valence-corrected chi connectivity index (χ0v) is 12.4. The number of carbonyl (C=O) groups excluding carboxylic acids is 1. The molecule has 9 heteroatoms. The van der Waals surface area contributed by atoms with Gasteiger partial charge in [-0.05, 0) is 25.0 Å². The van der Waals surface area contributed by atoms with Crippen LogP contribution in [0.15, 0.2) is 18.2 Å². The van der Waals surface area contributed by atoms with Crippen molar-refractivity contribution >= 4 is 17.3 Å². The molecule has 1 atom stereocenters. The van der Waals surface area contributed by atoms with E-state index in [2.05, 4.69) is 5.32 Å². The topological polar surface area (TPSA) is 75.5 Å². The summed E-state index contributed by atoms with van der Waals surface area (Å²) in [6.45, 7) is 0.700. The highest BCUT2D eigenvalue weighted by molar-refractivity contribution is 5.79. The number of nitro benzene ring substituents is 1. The molecule has 1 saturated heterocycles. The van der Waals surface area contributed by atoms with E-state index in [-0.39, 0.29) is 24.1 Å². The molecule has 1 aromatic carbocycles. The van der Waals surface area contributed by atoms with Crippen molar-refractivity contribution in [3.8, 4) is 0 Å². The lowest BCUT2D eigenvalue weighted by atomic mass is 9.96. The second-order valence-electron chi connectivity index (χ2n) is 5.36. The van der Waals surface area contributed by atoms with Gasteiger partial charge in [0.1, 0.15) is 5.69 Å². The molecule has 1 aliphatic heterocycles. The second kappa shape index (κ2) is 6.43. The summed E-state index contributed by atoms with van der Waals surface area (Å²) < 4.78 is 38.2. The number of benzene rings is 1. The Labute approximate surface area is 130 Å². The number of anilines is 1. The fraction of sp³-hybridized carbons (Fsp3) is 0.500. The van der Waals surface area contributed by atoms with E-state index in [4.69, 9.17) is 0 Å². The summed E-state index contributed by atoms with van der Waals surface area (Å²) in [4.78, 5) is 23.6. The van der Waals surface area contributed by atoms with Gasteiger partial charge >= 0.3 is 6.18 Å². The van der Waals surface area contributed by atoms with Gasteiger partial charge in [0.2, 0.25) is 5.91 Å². The van der Waals surface area contributed by atoms with E-state index in [1.165, 1.54) is 7.05 Å². The van der Waals surface area contributed by atoms with Crippen LogP contribution < -0.4 is 10.2 Å². The van der Waals surface area contributed by atoms with E-state index in [0.29, 0.717) is 25.5 Å². The van der Waals surface area contributed by atoms with Gasteiger partial charge in [0.05, 0.1) is 16.4 Å². The number of hydrogen-bond donors (Lipinski definition) is 1. The molecule has 0 spiro atoms. The minimum Gasteiger partial charge on any atom is -0.365 e. The van der Waals surface area contributed by atoms with E-state index < -0.39 is 22.4 Å². The first-order valence-corrected chi connectivity index (χ1v) is 7.06. The van der Waals surface area contributed by atoms with Crippen molar-refractivity contribution in [3.05, 3.63) is 33.9 Å². The number of alkyl halides is 3. The number of nitrogens with one attached hydrogen (secondary N) is 1. The molecule has 0 aliphatic carbocycles. The average Bonchev–Trinajstić information content (AvgIpc) is 2.52. The summed E-state index contributed by atoms with van der Waals surface area (Å²) in [6.07, 6.45) is -3.36. The summed E-state index contributed by atoms with van der Waals surface area (Å²) in [5, 5.41) is 13.7. The summed E-state index contributed by atoms with van der Waals surface area (Å²) >= 11 is 0. The van der Waals surface area contributed by atoms with Crippen LogP contribution in [-0.2, 0) is 11.0 Å². The van der Waals surface area contributed by atoms with E-state index in [9.17, 15) is 28.1 Å². The number of amides is 1. The lowest BCUT2D eigenvalue weighted by Crippen LogP contribution is -2.42. The largest absolute Gasteiger partial charge is 0.416 e. The van der Waals surface area contributed by atoms with Crippen LogP contribution in [0.2, 0.25) is 0 Å². The minimum atomic E-state index is -4.64. The third-order valence-electron chi connectivity index (χ3n) is 3.88. The van der Waals surface area contributed by atoms with Crippen molar-refractivity contribution in [2.45, 2.75) is 19.0 Å². The van der Waals surface area contributed by atoms with E-state index in [1.807, 2.05) is 0 Å². The molecule has 0 bridgehead atoms. The van der Waals surface area contributed by atoms with Crippen LogP contribution in [0.25, 0.3) is 0 Å². The van der Waals surface area contributed by atoms with Gasteiger partial charge in [-0.1, -0.05) is 0 Å². The molecular formula is C14H16F3N3O3. The molecule has 0 radical (unpaired) electrons. The van der Waals surface area contributed by atoms with Gasteiger partial charge in [-0.25, -0.2) is 0 Å². The number of carbonyl (C=O) groups is 1. The Bertz CT molecular complexity index is 619. The molecular weight excluding hydrogens is 315 g/mol. The smallest absolute Gasteiger partial charge is 0.365 e. The maximum absolute atomic E-state index is 12.7. The molecule has 23 heavy (non-hydrogen) atoms. The predicted molar refractivity (Wildman–Crippen MR) is 77.1 cm³/mol. The lowest BCUT2D eigenvalue weighted by Gasteiger charge is -2.33.